The van der Waals surface area contributed by atoms with Gasteiger partial charge in [-0.2, -0.15) is 5.10 Å². The molecule has 1 atom stereocenters. The van der Waals surface area contributed by atoms with Gasteiger partial charge in [0.25, 0.3) is 0 Å². The molecule has 0 aliphatic rings. The number of rotatable bonds is 6. The summed E-state index contributed by atoms with van der Waals surface area (Å²) in [5.74, 6) is 7.11. The molecule has 7 heteroatoms. The van der Waals surface area contributed by atoms with Gasteiger partial charge in [0.15, 0.2) is 0 Å². The Morgan fingerprint density at radius 1 is 1.42 bits per heavy atom. The highest BCUT2D eigenvalue weighted by molar-refractivity contribution is 5.07. The second-order valence-electron chi connectivity index (χ2n) is 5.11. The standard InChI is InChI=1S/C12H21N7/c1-9(2)6-19-12(15-7-16-19)4-10(17-13)11-5-14-8-18(11)3/h5,7-10,17H,4,6,13H2,1-3H3. The summed E-state index contributed by atoms with van der Waals surface area (Å²) in [7, 11) is 1.95. The number of hydrogen-bond acceptors (Lipinski definition) is 5. The van der Waals surface area contributed by atoms with Crippen molar-refractivity contribution in [1.29, 1.82) is 0 Å². The van der Waals surface area contributed by atoms with Crippen LogP contribution in [0, 0.1) is 5.92 Å². The highest BCUT2D eigenvalue weighted by Crippen LogP contribution is 2.16. The van der Waals surface area contributed by atoms with E-state index in [9.17, 15) is 0 Å². The maximum atomic E-state index is 5.65. The smallest absolute Gasteiger partial charge is 0.138 e. The number of hydrazine groups is 1. The quantitative estimate of drug-likeness (QED) is 0.582. The van der Waals surface area contributed by atoms with Gasteiger partial charge in [0.2, 0.25) is 0 Å². The van der Waals surface area contributed by atoms with Crippen LogP contribution in [0.3, 0.4) is 0 Å². The average molecular weight is 263 g/mol. The summed E-state index contributed by atoms with van der Waals surface area (Å²) in [6.07, 6.45) is 5.85. The van der Waals surface area contributed by atoms with Gasteiger partial charge >= 0.3 is 0 Å². The molecule has 0 bridgehead atoms. The van der Waals surface area contributed by atoms with Crippen molar-refractivity contribution in [2.45, 2.75) is 32.9 Å². The Kier molecular flexibility index (Phi) is 4.28. The lowest BCUT2D eigenvalue weighted by Gasteiger charge is -2.17. The first kappa shape index (κ1) is 13.7. The minimum atomic E-state index is -0.0254. The molecule has 2 aromatic heterocycles. The maximum absolute atomic E-state index is 5.65. The van der Waals surface area contributed by atoms with E-state index < -0.39 is 0 Å². The van der Waals surface area contributed by atoms with Gasteiger partial charge in [-0.15, -0.1) is 0 Å². The number of hydrogen-bond donors (Lipinski definition) is 2. The second kappa shape index (κ2) is 5.94. The van der Waals surface area contributed by atoms with Crippen molar-refractivity contribution in [3.8, 4) is 0 Å². The molecule has 0 fully saturated rings. The molecule has 0 aliphatic carbocycles. The summed E-state index contributed by atoms with van der Waals surface area (Å²) in [4.78, 5) is 8.44. The lowest BCUT2D eigenvalue weighted by molar-refractivity contribution is 0.441. The fourth-order valence-electron chi connectivity index (χ4n) is 2.08. The normalized spacial score (nSPS) is 13.1. The van der Waals surface area contributed by atoms with Crippen molar-refractivity contribution in [3.05, 3.63) is 30.4 Å². The number of aryl methyl sites for hydroxylation is 1. The largest absolute Gasteiger partial charge is 0.336 e. The molecular formula is C12H21N7. The maximum Gasteiger partial charge on any atom is 0.138 e. The van der Waals surface area contributed by atoms with Crippen LogP contribution in [-0.4, -0.2) is 24.3 Å². The Morgan fingerprint density at radius 3 is 2.79 bits per heavy atom. The zero-order valence-electron chi connectivity index (χ0n) is 11.6. The molecule has 0 spiro atoms. The minimum absolute atomic E-state index is 0.0254. The van der Waals surface area contributed by atoms with Crippen LogP contribution in [0.5, 0.6) is 0 Å². The molecule has 2 heterocycles. The molecule has 104 valence electrons. The Bertz CT molecular complexity index is 514. The molecule has 0 saturated heterocycles. The Hall–Kier alpha value is -1.73. The monoisotopic (exact) mass is 263 g/mol. The predicted molar refractivity (Wildman–Crippen MR) is 71.8 cm³/mol. The summed E-state index contributed by atoms with van der Waals surface area (Å²) in [6.45, 7) is 5.18. The number of imidazole rings is 1. The number of nitrogens with zero attached hydrogens (tertiary/aromatic N) is 5. The molecule has 7 nitrogen and oxygen atoms in total. The van der Waals surface area contributed by atoms with E-state index in [-0.39, 0.29) is 6.04 Å². The van der Waals surface area contributed by atoms with E-state index in [1.165, 1.54) is 0 Å². The first-order chi connectivity index (χ1) is 9.11. The zero-order valence-corrected chi connectivity index (χ0v) is 11.6. The van der Waals surface area contributed by atoms with Crippen molar-refractivity contribution in [1.82, 2.24) is 29.7 Å². The highest BCUT2D eigenvalue weighted by Gasteiger charge is 2.17. The Morgan fingerprint density at radius 2 is 2.21 bits per heavy atom. The van der Waals surface area contributed by atoms with Gasteiger partial charge in [0.05, 0.1) is 18.1 Å². The minimum Gasteiger partial charge on any atom is -0.336 e. The molecule has 0 aliphatic heterocycles. The van der Waals surface area contributed by atoms with E-state index in [2.05, 4.69) is 34.3 Å². The van der Waals surface area contributed by atoms with Crippen molar-refractivity contribution in [2.75, 3.05) is 0 Å². The lowest BCUT2D eigenvalue weighted by Crippen LogP contribution is -2.32. The summed E-state index contributed by atoms with van der Waals surface area (Å²) < 4.78 is 3.89. The fourth-order valence-corrected chi connectivity index (χ4v) is 2.08. The third kappa shape index (κ3) is 3.18. The van der Waals surface area contributed by atoms with Gasteiger partial charge in [-0.1, -0.05) is 13.8 Å². The van der Waals surface area contributed by atoms with Crippen LogP contribution in [-0.2, 0) is 20.0 Å². The average Bonchev–Trinajstić information content (AvgIpc) is 2.95. The summed E-state index contributed by atoms with van der Waals surface area (Å²) >= 11 is 0. The van der Waals surface area contributed by atoms with Crippen LogP contribution in [0.1, 0.15) is 31.4 Å². The zero-order chi connectivity index (χ0) is 13.8. The first-order valence-corrected chi connectivity index (χ1v) is 6.40. The van der Waals surface area contributed by atoms with Crippen LogP contribution in [0.2, 0.25) is 0 Å². The van der Waals surface area contributed by atoms with Gasteiger partial charge < -0.3 is 4.57 Å². The SMILES string of the molecule is CC(C)Cn1ncnc1CC(NN)c1cncn1C. The Labute approximate surface area is 112 Å². The van der Waals surface area contributed by atoms with Gasteiger partial charge in [-0.05, 0) is 5.92 Å². The molecule has 19 heavy (non-hydrogen) atoms. The second-order valence-corrected chi connectivity index (χ2v) is 5.11. The number of aromatic nitrogens is 5. The van der Waals surface area contributed by atoms with Gasteiger partial charge in [-0.3, -0.25) is 11.3 Å². The van der Waals surface area contributed by atoms with Crippen molar-refractivity contribution >= 4 is 0 Å². The third-order valence-electron chi connectivity index (χ3n) is 3.03. The molecule has 0 aromatic carbocycles. The Balaban J connectivity index is 2.15. The summed E-state index contributed by atoms with van der Waals surface area (Å²) in [5.41, 5.74) is 3.85. The van der Waals surface area contributed by atoms with Crippen LogP contribution < -0.4 is 11.3 Å². The van der Waals surface area contributed by atoms with E-state index in [1.807, 2.05) is 22.5 Å². The molecule has 3 N–H and O–H groups in total. The van der Waals surface area contributed by atoms with E-state index >= 15 is 0 Å². The molecule has 2 rings (SSSR count). The predicted octanol–water partition coefficient (Wildman–Crippen LogP) is 0.415. The van der Waals surface area contributed by atoms with Gasteiger partial charge in [0, 0.05) is 26.2 Å². The number of nitrogens with two attached hydrogens (primary N) is 1. The van der Waals surface area contributed by atoms with E-state index in [0.29, 0.717) is 12.3 Å². The van der Waals surface area contributed by atoms with Crippen molar-refractivity contribution in [2.24, 2.45) is 18.8 Å². The molecular weight excluding hydrogens is 242 g/mol. The molecule has 1 unspecified atom stereocenters. The summed E-state index contributed by atoms with van der Waals surface area (Å²) in [6, 6.07) is -0.0254. The molecule has 2 aromatic rings. The van der Waals surface area contributed by atoms with Crippen molar-refractivity contribution in [3.63, 3.8) is 0 Å². The highest BCUT2D eigenvalue weighted by atomic mass is 15.3. The van der Waals surface area contributed by atoms with Gasteiger partial charge in [0.1, 0.15) is 12.2 Å². The van der Waals surface area contributed by atoms with Crippen LogP contribution in [0.4, 0.5) is 0 Å². The third-order valence-corrected chi connectivity index (χ3v) is 3.03. The van der Waals surface area contributed by atoms with Crippen LogP contribution in [0.25, 0.3) is 0 Å². The van der Waals surface area contributed by atoms with Crippen LogP contribution in [0.15, 0.2) is 18.9 Å². The van der Waals surface area contributed by atoms with Crippen LogP contribution >= 0.6 is 0 Å². The van der Waals surface area contributed by atoms with E-state index in [1.54, 1.807) is 12.7 Å². The molecule has 0 saturated carbocycles. The molecule has 0 radical (unpaired) electrons. The van der Waals surface area contributed by atoms with E-state index in [0.717, 1.165) is 18.1 Å². The summed E-state index contributed by atoms with van der Waals surface area (Å²) in [5, 5.41) is 4.26. The lowest BCUT2D eigenvalue weighted by atomic mass is 10.1. The topological polar surface area (TPSA) is 86.6 Å². The number of nitrogens with one attached hydrogen (secondary N) is 1. The van der Waals surface area contributed by atoms with Crippen molar-refractivity contribution < 1.29 is 0 Å². The molecule has 0 amide bonds. The van der Waals surface area contributed by atoms with Gasteiger partial charge in [-0.25, -0.2) is 14.6 Å². The van der Waals surface area contributed by atoms with E-state index in [4.69, 9.17) is 5.84 Å². The fraction of sp³-hybridized carbons (Fsp3) is 0.583. The first-order valence-electron chi connectivity index (χ1n) is 6.40.